The Morgan fingerprint density at radius 2 is 2.00 bits per heavy atom. The average molecular weight is 242 g/mol. The average Bonchev–Trinajstić information content (AvgIpc) is 2.34. The van der Waals surface area contributed by atoms with Crippen molar-refractivity contribution in [2.75, 3.05) is 30.0 Å². The third-order valence-electron chi connectivity index (χ3n) is 2.82. The molecule has 2 aromatic rings. The zero-order valence-electron chi connectivity index (χ0n) is 10.9. The second kappa shape index (κ2) is 4.96. The lowest BCUT2D eigenvalue weighted by Crippen LogP contribution is -2.10. The summed E-state index contributed by atoms with van der Waals surface area (Å²) in [5, 5.41) is 3.30. The first-order chi connectivity index (χ1) is 8.58. The molecule has 0 atom stereocenters. The van der Waals surface area contributed by atoms with E-state index in [0.29, 0.717) is 5.69 Å². The molecule has 1 aromatic carbocycles. The molecule has 1 heterocycles. The van der Waals surface area contributed by atoms with Gasteiger partial charge in [0.05, 0.1) is 17.6 Å². The third kappa shape index (κ3) is 2.53. The van der Waals surface area contributed by atoms with Gasteiger partial charge in [0, 0.05) is 31.7 Å². The number of pyridine rings is 1. The summed E-state index contributed by atoms with van der Waals surface area (Å²) in [6.45, 7) is 2.10. The van der Waals surface area contributed by atoms with Crippen LogP contribution >= 0.6 is 0 Å². The van der Waals surface area contributed by atoms with Crippen LogP contribution in [-0.2, 0) is 0 Å². The smallest absolute Gasteiger partial charge is 0.0739 e. The Balaban J connectivity index is 2.30. The fourth-order valence-electron chi connectivity index (χ4n) is 1.84. The fraction of sp³-hybridized carbons (Fsp3) is 0.214. The first kappa shape index (κ1) is 12.2. The minimum atomic E-state index is 0.643. The largest absolute Gasteiger partial charge is 0.396 e. The molecule has 3 N–H and O–H groups in total. The molecule has 4 nitrogen and oxygen atoms in total. The van der Waals surface area contributed by atoms with Gasteiger partial charge >= 0.3 is 0 Å². The van der Waals surface area contributed by atoms with Crippen LogP contribution in [0.4, 0.5) is 22.7 Å². The van der Waals surface area contributed by atoms with E-state index < -0.39 is 0 Å². The van der Waals surface area contributed by atoms with Crippen LogP contribution in [0.15, 0.2) is 36.7 Å². The van der Waals surface area contributed by atoms with Gasteiger partial charge < -0.3 is 16.0 Å². The van der Waals surface area contributed by atoms with E-state index in [-0.39, 0.29) is 0 Å². The highest BCUT2D eigenvalue weighted by molar-refractivity contribution is 5.73. The van der Waals surface area contributed by atoms with Crippen LogP contribution in [0, 0.1) is 6.92 Å². The molecule has 0 spiro atoms. The summed E-state index contributed by atoms with van der Waals surface area (Å²) in [6, 6.07) is 8.11. The lowest BCUT2D eigenvalue weighted by atomic mass is 10.1. The van der Waals surface area contributed by atoms with E-state index in [2.05, 4.69) is 34.3 Å². The van der Waals surface area contributed by atoms with Crippen LogP contribution in [0.5, 0.6) is 0 Å². The Kier molecular flexibility index (Phi) is 3.37. The van der Waals surface area contributed by atoms with Crippen molar-refractivity contribution >= 4 is 22.7 Å². The Hall–Kier alpha value is -2.23. The van der Waals surface area contributed by atoms with Crippen LogP contribution < -0.4 is 16.0 Å². The summed E-state index contributed by atoms with van der Waals surface area (Å²) >= 11 is 0. The van der Waals surface area contributed by atoms with E-state index in [1.807, 2.05) is 26.2 Å². The zero-order valence-corrected chi connectivity index (χ0v) is 10.9. The molecule has 1 aromatic heterocycles. The number of hydrogen-bond donors (Lipinski definition) is 2. The summed E-state index contributed by atoms with van der Waals surface area (Å²) < 4.78 is 0. The molecule has 0 unspecified atom stereocenters. The fourth-order valence-corrected chi connectivity index (χ4v) is 1.84. The highest BCUT2D eigenvalue weighted by Crippen LogP contribution is 2.26. The Bertz CT molecular complexity index is 549. The molecule has 0 radical (unpaired) electrons. The monoisotopic (exact) mass is 242 g/mol. The Morgan fingerprint density at radius 1 is 1.22 bits per heavy atom. The van der Waals surface area contributed by atoms with E-state index >= 15 is 0 Å². The first-order valence-electron chi connectivity index (χ1n) is 5.82. The number of nitrogens with two attached hydrogens (primary N) is 1. The molecule has 18 heavy (non-hydrogen) atoms. The highest BCUT2D eigenvalue weighted by atomic mass is 15.1. The Labute approximate surface area is 107 Å². The first-order valence-corrected chi connectivity index (χ1v) is 5.82. The predicted molar refractivity (Wildman–Crippen MR) is 77.4 cm³/mol. The maximum Gasteiger partial charge on any atom is 0.0739 e. The molecule has 0 aliphatic rings. The van der Waals surface area contributed by atoms with Crippen molar-refractivity contribution < 1.29 is 0 Å². The quantitative estimate of drug-likeness (QED) is 0.869. The summed E-state index contributed by atoms with van der Waals surface area (Å²) in [4.78, 5) is 6.07. The predicted octanol–water partition coefficient (Wildman–Crippen LogP) is 2.78. The summed E-state index contributed by atoms with van der Waals surface area (Å²) in [6.07, 6.45) is 3.36. The summed E-state index contributed by atoms with van der Waals surface area (Å²) in [5.74, 6) is 0. The van der Waals surface area contributed by atoms with E-state index in [0.717, 1.165) is 11.4 Å². The molecule has 0 saturated carbocycles. The third-order valence-corrected chi connectivity index (χ3v) is 2.82. The van der Waals surface area contributed by atoms with Crippen molar-refractivity contribution in [3.8, 4) is 0 Å². The second-order valence-electron chi connectivity index (χ2n) is 4.48. The lowest BCUT2D eigenvalue weighted by molar-refractivity contribution is 1.11. The minimum Gasteiger partial charge on any atom is -0.396 e. The van der Waals surface area contributed by atoms with Gasteiger partial charge in [0.15, 0.2) is 0 Å². The number of aromatic nitrogens is 1. The van der Waals surface area contributed by atoms with E-state index in [1.54, 1.807) is 12.4 Å². The van der Waals surface area contributed by atoms with Crippen molar-refractivity contribution in [3.05, 3.63) is 42.2 Å². The van der Waals surface area contributed by atoms with Gasteiger partial charge in [-0.25, -0.2) is 0 Å². The molecule has 0 amide bonds. The van der Waals surface area contributed by atoms with Crippen LogP contribution in [0.2, 0.25) is 0 Å². The van der Waals surface area contributed by atoms with E-state index in [1.165, 1.54) is 11.3 Å². The van der Waals surface area contributed by atoms with Gasteiger partial charge in [-0.05, 0) is 30.7 Å². The van der Waals surface area contributed by atoms with Crippen molar-refractivity contribution in [2.24, 2.45) is 0 Å². The second-order valence-corrected chi connectivity index (χ2v) is 4.48. The number of nitrogens with zero attached hydrogens (tertiary/aromatic N) is 2. The van der Waals surface area contributed by atoms with Crippen molar-refractivity contribution in [2.45, 2.75) is 6.92 Å². The number of nitrogens with one attached hydrogen (secondary N) is 1. The van der Waals surface area contributed by atoms with Gasteiger partial charge in [0.2, 0.25) is 0 Å². The number of hydrogen-bond acceptors (Lipinski definition) is 4. The van der Waals surface area contributed by atoms with Gasteiger partial charge in [-0.1, -0.05) is 6.07 Å². The molecular weight excluding hydrogens is 224 g/mol. The van der Waals surface area contributed by atoms with Crippen LogP contribution in [0.3, 0.4) is 0 Å². The van der Waals surface area contributed by atoms with Crippen molar-refractivity contribution in [3.63, 3.8) is 0 Å². The van der Waals surface area contributed by atoms with Crippen LogP contribution in [0.25, 0.3) is 0 Å². The van der Waals surface area contributed by atoms with Gasteiger partial charge in [0.1, 0.15) is 0 Å². The molecular formula is C14H18N4. The van der Waals surface area contributed by atoms with E-state index in [4.69, 9.17) is 5.73 Å². The molecule has 2 rings (SSSR count). The molecule has 4 heteroatoms. The molecule has 0 aliphatic carbocycles. The van der Waals surface area contributed by atoms with Gasteiger partial charge in [-0.2, -0.15) is 0 Å². The molecule has 0 bridgehead atoms. The number of benzene rings is 1. The van der Waals surface area contributed by atoms with E-state index in [9.17, 15) is 0 Å². The number of nitrogen functional groups attached to an aromatic ring is 1. The van der Waals surface area contributed by atoms with Gasteiger partial charge in [-0.3, -0.25) is 4.98 Å². The van der Waals surface area contributed by atoms with Gasteiger partial charge in [-0.15, -0.1) is 0 Å². The van der Waals surface area contributed by atoms with Crippen molar-refractivity contribution in [1.29, 1.82) is 0 Å². The molecule has 0 aliphatic heterocycles. The number of anilines is 4. The molecule has 0 fully saturated rings. The topological polar surface area (TPSA) is 54.2 Å². The summed E-state index contributed by atoms with van der Waals surface area (Å²) in [7, 11) is 4.07. The zero-order chi connectivity index (χ0) is 13.1. The summed E-state index contributed by atoms with van der Waals surface area (Å²) in [5.41, 5.74) is 10.8. The highest BCUT2D eigenvalue weighted by Gasteiger charge is 2.04. The maximum absolute atomic E-state index is 5.86. The number of rotatable bonds is 3. The number of aryl methyl sites for hydroxylation is 1. The molecule has 0 saturated heterocycles. The Morgan fingerprint density at radius 3 is 2.67 bits per heavy atom. The normalized spacial score (nSPS) is 10.2. The standard InChI is InChI=1S/C14H18N4/c1-10-4-5-11(8-14(10)18(2)3)17-13-6-7-16-9-12(13)15/h4-9H,15H2,1-3H3,(H,16,17). The van der Waals surface area contributed by atoms with Crippen LogP contribution in [-0.4, -0.2) is 19.1 Å². The van der Waals surface area contributed by atoms with Gasteiger partial charge in [0.25, 0.3) is 0 Å². The molecule has 94 valence electrons. The SMILES string of the molecule is Cc1ccc(Nc2ccncc2N)cc1N(C)C. The van der Waals surface area contributed by atoms with Crippen LogP contribution in [0.1, 0.15) is 5.56 Å². The minimum absolute atomic E-state index is 0.643. The van der Waals surface area contributed by atoms with Crippen molar-refractivity contribution in [1.82, 2.24) is 4.98 Å². The maximum atomic E-state index is 5.86. The lowest BCUT2D eigenvalue weighted by Gasteiger charge is -2.17.